The molecule has 0 spiro atoms. The zero-order chi connectivity index (χ0) is 18.1. The number of likely N-dealkylation sites (tertiary alicyclic amines) is 2. The number of ether oxygens (including phenoxy) is 1. The smallest absolute Gasteiger partial charge is 0.118 e. The summed E-state index contributed by atoms with van der Waals surface area (Å²) in [5.41, 5.74) is 3.75. The molecule has 0 aliphatic carbocycles. The largest absolute Gasteiger partial charge is 0.497 e. The molecule has 2 saturated heterocycles. The average molecular weight is 424 g/mol. The van der Waals surface area contributed by atoms with E-state index in [0.29, 0.717) is 6.04 Å². The molecule has 4 nitrogen and oxygen atoms in total. The average Bonchev–Trinajstić information content (AvgIpc) is 3.16. The lowest BCUT2D eigenvalue weighted by atomic mass is 9.89. The third-order valence-electron chi connectivity index (χ3n) is 6.06. The molecule has 2 aliphatic rings. The van der Waals surface area contributed by atoms with Crippen molar-refractivity contribution in [1.29, 1.82) is 0 Å². The molecule has 3 atom stereocenters. The van der Waals surface area contributed by atoms with E-state index in [1.54, 1.807) is 7.11 Å². The lowest BCUT2D eigenvalue weighted by molar-refractivity contribution is 0.229. The Balaban J connectivity index is 0.00000140. The third kappa shape index (κ3) is 4.80. The van der Waals surface area contributed by atoms with Crippen LogP contribution in [-0.4, -0.2) is 55.1 Å². The molecular weight excluding hydrogens is 393 g/mol. The molecular formula is C22H31Cl2N3O. The molecule has 28 heavy (non-hydrogen) atoms. The molecule has 2 fully saturated rings. The summed E-state index contributed by atoms with van der Waals surface area (Å²) >= 11 is 0. The van der Waals surface area contributed by atoms with E-state index in [0.717, 1.165) is 36.2 Å². The summed E-state index contributed by atoms with van der Waals surface area (Å²) in [6.07, 6.45) is 1.05. The molecule has 0 N–H and O–H groups in total. The van der Waals surface area contributed by atoms with Crippen LogP contribution in [0.15, 0.2) is 42.5 Å². The fourth-order valence-electron chi connectivity index (χ4n) is 4.85. The molecule has 154 valence electrons. The quantitative estimate of drug-likeness (QED) is 0.725. The Labute approximate surface area is 181 Å². The van der Waals surface area contributed by atoms with Crippen molar-refractivity contribution in [2.75, 3.05) is 40.3 Å². The fourth-order valence-corrected chi connectivity index (χ4v) is 4.85. The number of aromatic nitrogens is 1. The maximum absolute atomic E-state index is 5.32. The Bertz CT molecular complexity index is 756. The highest BCUT2D eigenvalue weighted by molar-refractivity contribution is 5.85. The molecule has 6 heteroatoms. The van der Waals surface area contributed by atoms with Crippen molar-refractivity contribution in [3.05, 3.63) is 59.4 Å². The molecule has 0 unspecified atom stereocenters. The van der Waals surface area contributed by atoms with E-state index < -0.39 is 0 Å². The number of hydrogen-bond donors (Lipinski definition) is 0. The predicted octanol–water partition coefficient (Wildman–Crippen LogP) is 4.02. The van der Waals surface area contributed by atoms with Gasteiger partial charge in [0.25, 0.3) is 0 Å². The lowest BCUT2D eigenvalue weighted by Crippen LogP contribution is -2.30. The Hall–Kier alpha value is -1.33. The molecule has 0 amide bonds. The van der Waals surface area contributed by atoms with Gasteiger partial charge in [0.1, 0.15) is 5.75 Å². The van der Waals surface area contributed by atoms with Gasteiger partial charge < -0.3 is 9.64 Å². The van der Waals surface area contributed by atoms with E-state index >= 15 is 0 Å². The van der Waals surface area contributed by atoms with Gasteiger partial charge in [-0.3, -0.25) is 9.88 Å². The standard InChI is InChI=1S/C22H29N3O.2ClH/c1-16-5-4-6-19(23-16)11-12-25-14-18-13-24(2)22(21(18)15-25)17-7-9-20(26-3)10-8-17;;/h4-10,18,21-22H,11-15H2,1-3H3;2*1H/t18-,21+,22+;;/m0../s1. The van der Waals surface area contributed by atoms with E-state index in [1.165, 1.54) is 30.9 Å². The highest BCUT2D eigenvalue weighted by atomic mass is 35.5. The molecule has 2 aliphatic heterocycles. The molecule has 1 aromatic heterocycles. The monoisotopic (exact) mass is 423 g/mol. The lowest BCUT2D eigenvalue weighted by Gasteiger charge is -2.27. The van der Waals surface area contributed by atoms with Gasteiger partial charge in [0, 0.05) is 50.0 Å². The summed E-state index contributed by atoms with van der Waals surface area (Å²) < 4.78 is 5.32. The molecule has 2 aromatic rings. The highest BCUT2D eigenvalue weighted by Crippen LogP contribution is 2.44. The maximum atomic E-state index is 5.32. The summed E-state index contributed by atoms with van der Waals surface area (Å²) in [7, 11) is 4.00. The van der Waals surface area contributed by atoms with Gasteiger partial charge in [0.15, 0.2) is 0 Å². The van der Waals surface area contributed by atoms with Crippen LogP contribution in [0.3, 0.4) is 0 Å². The Morgan fingerprint density at radius 3 is 2.46 bits per heavy atom. The SMILES string of the molecule is COc1ccc([C@@H]2[C@@H]3CN(CCc4cccc(C)n4)C[C@@H]3CN2C)cc1.Cl.Cl. The number of aryl methyl sites for hydroxylation is 1. The summed E-state index contributed by atoms with van der Waals surface area (Å²) in [4.78, 5) is 9.83. The van der Waals surface area contributed by atoms with Crippen LogP contribution in [0.1, 0.15) is 23.0 Å². The predicted molar refractivity (Wildman–Crippen MR) is 119 cm³/mol. The first-order chi connectivity index (χ1) is 12.6. The van der Waals surface area contributed by atoms with Gasteiger partial charge >= 0.3 is 0 Å². The number of methoxy groups -OCH3 is 1. The van der Waals surface area contributed by atoms with Crippen LogP contribution in [0.4, 0.5) is 0 Å². The van der Waals surface area contributed by atoms with Crippen molar-refractivity contribution in [2.24, 2.45) is 11.8 Å². The van der Waals surface area contributed by atoms with Gasteiger partial charge in [-0.05, 0) is 55.6 Å². The molecule has 3 heterocycles. The highest BCUT2D eigenvalue weighted by Gasteiger charge is 2.45. The second kappa shape index (κ2) is 9.93. The van der Waals surface area contributed by atoms with Gasteiger partial charge in [-0.2, -0.15) is 0 Å². The minimum atomic E-state index is 0. The van der Waals surface area contributed by atoms with E-state index in [1.807, 2.05) is 0 Å². The molecule has 4 rings (SSSR count). The molecule has 0 saturated carbocycles. The second-order valence-corrected chi connectivity index (χ2v) is 7.86. The van der Waals surface area contributed by atoms with Gasteiger partial charge in [0.2, 0.25) is 0 Å². The second-order valence-electron chi connectivity index (χ2n) is 7.86. The van der Waals surface area contributed by atoms with Crippen molar-refractivity contribution < 1.29 is 4.74 Å². The fraction of sp³-hybridized carbons (Fsp3) is 0.500. The summed E-state index contributed by atoms with van der Waals surface area (Å²) in [5, 5.41) is 0. The zero-order valence-corrected chi connectivity index (χ0v) is 18.5. The molecule has 1 aromatic carbocycles. The van der Waals surface area contributed by atoms with Gasteiger partial charge in [-0.1, -0.05) is 18.2 Å². The minimum Gasteiger partial charge on any atom is -0.497 e. The van der Waals surface area contributed by atoms with E-state index in [2.05, 4.69) is 71.2 Å². The van der Waals surface area contributed by atoms with Crippen LogP contribution in [0.5, 0.6) is 5.75 Å². The summed E-state index contributed by atoms with van der Waals surface area (Å²) in [5.74, 6) is 2.43. The van der Waals surface area contributed by atoms with E-state index in [4.69, 9.17) is 4.74 Å². The van der Waals surface area contributed by atoms with Crippen LogP contribution in [0.25, 0.3) is 0 Å². The zero-order valence-electron chi connectivity index (χ0n) is 16.9. The molecule has 0 radical (unpaired) electrons. The van der Waals surface area contributed by atoms with Crippen molar-refractivity contribution in [1.82, 2.24) is 14.8 Å². The number of benzene rings is 1. The number of hydrogen-bond acceptors (Lipinski definition) is 4. The maximum Gasteiger partial charge on any atom is 0.118 e. The summed E-state index contributed by atoms with van der Waals surface area (Å²) in [6.45, 7) is 6.78. The van der Waals surface area contributed by atoms with Crippen LogP contribution < -0.4 is 4.74 Å². The van der Waals surface area contributed by atoms with Crippen LogP contribution >= 0.6 is 24.8 Å². The van der Waals surface area contributed by atoms with Crippen LogP contribution in [0, 0.1) is 18.8 Å². The molecule has 0 bridgehead atoms. The number of halogens is 2. The third-order valence-corrected chi connectivity index (χ3v) is 6.06. The first-order valence-electron chi connectivity index (χ1n) is 9.63. The van der Waals surface area contributed by atoms with E-state index in [-0.39, 0.29) is 24.8 Å². The van der Waals surface area contributed by atoms with Crippen molar-refractivity contribution in [2.45, 2.75) is 19.4 Å². The number of pyridine rings is 1. The van der Waals surface area contributed by atoms with Gasteiger partial charge in [-0.25, -0.2) is 0 Å². The topological polar surface area (TPSA) is 28.6 Å². The number of fused-ring (bicyclic) bond motifs is 1. The van der Waals surface area contributed by atoms with Crippen LogP contribution in [0.2, 0.25) is 0 Å². The Morgan fingerprint density at radius 1 is 1.04 bits per heavy atom. The Morgan fingerprint density at radius 2 is 1.79 bits per heavy atom. The number of nitrogens with zero attached hydrogens (tertiary/aromatic N) is 3. The van der Waals surface area contributed by atoms with Crippen molar-refractivity contribution in [3.8, 4) is 5.75 Å². The number of rotatable bonds is 5. The first-order valence-corrected chi connectivity index (χ1v) is 9.63. The van der Waals surface area contributed by atoms with E-state index in [9.17, 15) is 0 Å². The van der Waals surface area contributed by atoms with Crippen molar-refractivity contribution >= 4 is 24.8 Å². The minimum absolute atomic E-state index is 0. The van der Waals surface area contributed by atoms with Gasteiger partial charge in [0.05, 0.1) is 7.11 Å². The van der Waals surface area contributed by atoms with Crippen LogP contribution in [-0.2, 0) is 6.42 Å². The first kappa shape index (κ1) is 23.0. The normalized spacial score (nSPS) is 24.3. The Kier molecular flexibility index (Phi) is 8.14. The van der Waals surface area contributed by atoms with Crippen molar-refractivity contribution in [3.63, 3.8) is 0 Å². The van der Waals surface area contributed by atoms with Gasteiger partial charge in [-0.15, -0.1) is 24.8 Å². The summed E-state index contributed by atoms with van der Waals surface area (Å²) in [6, 6.07) is 15.5.